The molecule has 0 fully saturated rings. The van der Waals surface area contributed by atoms with Gasteiger partial charge in [0.1, 0.15) is 0 Å². The predicted molar refractivity (Wildman–Crippen MR) is 103 cm³/mol. The SMILES string of the molecule is COc1cc(CC(=O)N2C=CC(=O)CC2c2ccccc2)c(C(F)(F)F)cc1OC. The number of hydrogen-bond donors (Lipinski definition) is 0. The summed E-state index contributed by atoms with van der Waals surface area (Å²) in [5.41, 5.74) is -0.476. The molecule has 0 aliphatic carbocycles. The highest BCUT2D eigenvalue weighted by Gasteiger charge is 2.36. The molecule has 0 aromatic heterocycles. The van der Waals surface area contributed by atoms with E-state index in [1.54, 1.807) is 30.3 Å². The molecule has 0 spiro atoms. The molecule has 2 aromatic carbocycles. The molecule has 1 aliphatic heterocycles. The standard InChI is InChI=1S/C22H20F3NO4/c1-29-19-10-15(17(22(23,24)25)13-20(19)30-2)11-21(28)26-9-8-16(27)12-18(26)14-6-4-3-5-7-14/h3-10,13,18H,11-12H2,1-2H3. The number of amides is 1. The molecule has 1 amide bonds. The van der Waals surface area contributed by atoms with Crippen LogP contribution < -0.4 is 9.47 Å². The van der Waals surface area contributed by atoms with Gasteiger partial charge in [-0.15, -0.1) is 0 Å². The first-order valence-corrected chi connectivity index (χ1v) is 9.13. The van der Waals surface area contributed by atoms with Gasteiger partial charge in [-0.3, -0.25) is 9.59 Å². The highest BCUT2D eigenvalue weighted by Crippen LogP contribution is 2.40. The second-order valence-electron chi connectivity index (χ2n) is 6.75. The normalized spacial score (nSPS) is 16.5. The summed E-state index contributed by atoms with van der Waals surface area (Å²) >= 11 is 0. The summed E-state index contributed by atoms with van der Waals surface area (Å²) in [6.07, 6.45) is -2.54. The Labute approximate surface area is 171 Å². The molecule has 2 aromatic rings. The fourth-order valence-corrected chi connectivity index (χ4v) is 3.42. The summed E-state index contributed by atoms with van der Waals surface area (Å²) < 4.78 is 50.9. The number of ketones is 1. The van der Waals surface area contributed by atoms with E-state index in [9.17, 15) is 22.8 Å². The fourth-order valence-electron chi connectivity index (χ4n) is 3.42. The van der Waals surface area contributed by atoms with Crippen molar-refractivity contribution < 1.29 is 32.2 Å². The van der Waals surface area contributed by atoms with Gasteiger partial charge in [0, 0.05) is 12.6 Å². The number of rotatable bonds is 5. The van der Waals surface area contributed by atoms with E-state index in [4.69, 9.17) is 9.47 Å². The summed E-state index contributed by atoms with van der Waals surface area (Å²) in [4.78, 5) is 26.2. The van der Waals surface area contributed by atoms with Crippen LogP contribution >= 0.6 is 0 Å². The zero-order chi connectivity index (χ0) is 21.9. The van der Waals surface area contributed by atoms with Crippen LogP contribution in [0.3, 0.4) is 0 Å². The van der Waals surface area contributed by atoms with Crippen molar-refractivity contribution in [2.24, 2.45) is 0 Å². The van der Waals surface area contributed by atoms with Gasteiger partial charge in [0.05, 0.1) is 32.2 Å². The summed E-state index contributed by atoms with van der Waals surface area (Å²) in [5.74, 6) is -0.704. The van der Waals surface area contributed by atoms with E-state index in [1.807, 2.05) is 0 Å². The molecular weight excluding hydrogens is 399 g/mol. The average Bonchev–Trinajstić information content (AvgIpc) is 2.73. The Balaban J connectivity index is 1.97. The molecule has 1 atom stereocenters. The Bertz CT molecular complexity index is 970. The minimum Gasteiger partial charge on any atom is -0.493 e. The lowest BCUT2D eigenvalue weighted by atomic mass is 9.95. The number of nitrogens with zero attached hydrogens (tertiary/aromatic N) is 1. The van der Waals surface area contributed by atoms with Gasteiger partial charge in [0.15, 0.2) is 17.3 Å². The van der Waals surface area contributed by atoms with E-state index in [2.05, 4.69) is 0 Å². The Morgan fingerprint density at radius 2 is 1.73 bits per heavy atom. The summed E-state index contributed by atoms with van der Waals surface area (Å²) in [7, 11) is 2.55. The molecule has 1 heterocycles. The second kappa shape index (κ2) is 8.61. The van der Waals surface area contributed by atoms with Crippen LogP contribution in [0.25, 0.3) is 0 Å². The molecule has 5 nitrogen and oxygen atoms in total. The first-order valence-electron chi connectivity index (χ1n) is 9.13. The Morgan fingerprint density at radius 3 is 2.33 bits per heavy atom. The first kappa shape index (κ1) is 21.4. The average molecular weight is 419 g/mol. The maximum Gasteiger partial charge on any atom is 0.416 e. The lowest BCUT2D eigenvalue weighted by molar-refractivity contribution is -0.138. The van der Waals surface area contributed by atoms with Crippen LogP contribution in [-0.4, -0.2) is 30.8 Å². The topological polar surface area (TPSA) is 55.8 Å². The van der Waals surface area contributed by atoms with Crippen LogP contribution in [0.2, 0.25) is 0 Å². The Kier molecular flexibility index (Phi) is 6.14. The molecule has 30 heavy (non-hydrogen) atoms. The molecule has 0 N–H and O–H groups in total. The van der Waals surface area contributed by atoms with E-state index >= 15 is 0 Å². The molecule has 0 saturated heterocycles. The van der Waals surface area contributed by atoms with Gasteiger partial charge >= 0.3 is 6.18 Å². The molecule has 1 unspecified atom stereocenters. The number of carbonyl (C=O) groups is 2. The van der Waals surface area contributed by atoms with Gasteiger partial charge < -0.3 is 14.4 Å². The van der Waals surface area contributed by atoms with Crippen molar-refractivity contribution in [2.75, 3.05) is 14.2 Å². The maximum atomic E-state index is 13.6. The number of ether oxygens (including phenoxy) is 2. The van der Waals surface area contributed by atoms with E-state index in [-0.39, 0.29) is 29.3 Å². The lowest BCUT2D eigenvalue weighted by Gasteiger charge is -2.31. The number of benzene rings is 2. The van der Waals surface area contributed by atoms with Crippen molar-refractivity contribution in [3.8, 4) is 11.5 Å². The van der Waals surface area contributed by atoms with E-state index in [1.165, 1.54) is 31.4 Å². The smallest absolute Gasteiger partial charge is 0.416 e. The highest BCUT2D eigenvalue weighted by molar-refractivity contribution is 5.93. The van der Waals surface area contributed by atoms with Crippen molar-refractivity contribution in [3.63, 3.8) is 0 Å². The third kappa shape index (κ3) is 4.48. The van der Waals surface area contributed by atoms with Crippen molar-refractivity contribution in [1.29, 1.82) is 0 Å². The molecule has 0 radical (unpaired) electrons. The summed E-state index contributed by atoms with van der Waals surface area (Å²) in [6, 6.07) is 10.3. The molecule has 158 valence electrons. The molecular formula is C22H20F3NO4. The minimum atomic E-state index is -4.68. The minimum absolute atomic E-state index is 0.0598. The van der Waals surface area contributed by atoms with Gasteiger partial charge in [0.25, 0.3) is 0 Å². The summed E-state index contributed by atoms with van der Waals surface area (Å²) in [5, 5.41) is 0. The van der Waals surface area contributed by atoms with E-state index < -0.39 is 30.1 Å². The number of halogens is 3. The number of methoxy groups -OCH3 is 2. The van der Waals surface area contributed by atoms with E-state index in [0.29, 0.717) is 0 Å². The summed E-state index contributed by atoms with van der Waals surface area (Å²) in [6.45, 7) is 0. The second-order valence-corrected chi connectivity index (χ2v) is 6.75. The van der Waals surface area contributed by atoms with Crippen LogP contribution in [0.5, 0.6) is 11.5 Å². The number of hydrogen-bond acceptors (Lipinski definition) is 4. The molecule has 0 bridgehead atoms. The molecule has 1 aliphatic rings. The van der Waals surface area contributed by atoms with Crippen LogP contribution in [0.1, 0.15) is 29.2 Å². The Hall–Kier alpha value is -3.29. The number of alkyl halides is 3. The zero-order valence-electron chi connectivity index (χ0n) is 16.4. The third-order valence-electron chi connectivity index (χ3n) is 4.88. The van der Waals surface area contributed by atoms with E-state index in [0.717, 1.165) is 17.7 Å². The molecule has 3 rings (SSSR count). The van der Waals surface area contributed by atoms with Gasteiger partial charge in [-0.25, -0.2) is 0 Å². The van der Waals surface area contributed by atoms with Crippen LogP contribution in [-0.2, 0) is 22.2 Å². The van der Waals surface area contributed by atoms with Gasteiger partial charge in [-0.2, -0.15) is 13.2 Å². The zero-order valence-corrected chi connectivity index (χ0v) is 16.4. The van der Waals surface area contributed by atoms with Crippen molar-refractivity contribution >= 4 is 11.7 Å². The first-order chi connectivity index (χ1) is 14.2. The Morgan fingerprint density at radius 1 is 1.10 bits per heavy atom. The maximum absolute atomic E-state index is 13.6. The predicted octanol–water partition coefficient (Wildman–Crippen LogP) is 4.32. The number of carbonyl (C=O) groups excluding carboxylic acids is 2. The highest BCUT2D eigenvalue weighted by atomic mass is 19.4. The van der Waals surface area contributed by atoms with Crippen LogP contribution in [0, 0.1) is 0 Å². The molecule has 8 heteroatoms. The largest absolute Gasteiger partial charge is 0.493 e. The van der Waals surface area contributed by atoms with Crippen LogP contribution in [0.15, 0.2) is 54.7 Å². The third-order valence-corrected chi connectivity index (χ3v) is 4.88. The van der Waals surface area contributed by atoms with Gasteiger partial charge in [-0.1, -0.05) is 30.3 Å². The monoisotopic (exact) mass is 419 g/mol. The van der Waals surface area contributed by atoms with Crippen molar-refractivity contribution in [1.82, 2.24) is 4.90 Å². The van der Waals surface area contributed by atoms with Gasteiger partial charge in [0.2, 0.25) is 5.91 Å². The fraction of sp³-hybridized carbons (Fsp3) is 0.273. The van der Waals surface area contributed by atoms with Crippen molar-refractivity contribution in [3.05, 3.63) is 71.4 Å². The van der Waals surface area contributed by atoms with Crippen molar-refractivity contribution in [2.45, 2.75) is 25.1 Å². The van der Waals surface area contributed by atoms with Gasteiger partial charge in [-0.05, 0) is 29.3 Å². The lowest BCUT2D eigenvalue weighted by Crippen LogP contribution is -2.35. The van der Waals surface area contributed by atoms with Crippen LogP contribution in [0.4, 0.5) is 13.2 Å². The molecule has 0 saturated carbocycles. The quantitative estimate of drug-likeness (QED) is 0.724. The number of allylic oxidation sites excluding steroid dienone is 1.